The second kappa shape index (κ2) is 11.9. The molecular weight excluding hydrogens is 465 g/mol. The van der Waals surface area contributed by atoms with Crippen LogP contribution in [0.2, 0.25) is 0 Å². The van der Waals surface area contributed by atoms with E-state index in [1.165, 1.54) is 37.7 Å². The molecule has 1 fully saturated rings. The maximum absolute atomic E-state index is 6.10. The second-order valence-corrected chi connectivity index (χ2v) is 7.02. The molecule has 0 unspecified atom stereocenters. The van der Waals surface area contributed by atoms with E-state index in [0.29, 0.717) is 19.2 Å². The zero-order valence-corrected chi connectivity index (χ0v) is 19.2. The average Bonchev–Trinajstić information content (AvgIpc) is 3.11. The molecule has 1 aromatic carbocycles. The molecule has 7 heteroatoms. The number of nitrogens with one attached hydrogen (secondary N) is 2. The summed E-state index contributed by atoms with van der Waals surface area (Å²) >= 11 is 0. The Morgan fingerprint density at radius 2 is 1.89 bits per heavy atom. The predicted octanol–water partition coefficient (Wildman–Crippen LogP) is 4.00. The van der Waals surface area contributed by atoms with Crippen LogP contribution in [0.1, 0.15) is 50.3 Å². The number of benzene rings is 1. The highest BCUT2D eigenvalue weighted by molar-refractivity contribution is 14.0. The molecule has 0 bridgehead atoms. The fourth-order valence-corrected chi connectivity index (χ4v) is 3.31. The van der Waals surface area contributed by atoms with Crippen molar-refractivity contribution < 1.29 is 4.74 Å². The molecule has 0 spiro atoms. The summed E-state index contributed by atoms with van der Waals surface area (Å²) in [6, 6.07) is 10.3. The van der Waals surface area contributed by atoms with Gasteiger partial charge in [-0.3, -0.25) is 4.68 Å². The summed E-state index contributed by atoms with van der Waals surface area (Å²) in [6.07, 6.45) is 8.48. The lowest BCUT2D eigenvalue weighted by molar-refractivity contribution is 0.155. The number of hydrogen-bond donors (Lipinski definition) is 2. The molecule has 0 amide bonds. The smallest absolute Gasteiger partial charge is 0.191 e. The van der Waals surface area contributed by atoms with Gasteiger partial charge in [-0.1, -0.05) is 18.6 Å². The van der Waals surface area contributed by atoms with Crippen LogP contribution < -0.4 is 15.4 Å². The number of halogens is 1. The topological polar surface area (TPSA) is 63.5 Å². The highest BCUT2D eigenvalue weighted by Crippen LogP contribution is 2.23. The summed E-state index contributed by atoms with van der Waals surface area (Å²) in [5.41, 5.74) is 2.29. The molecule has 0 saturated heterocycles. The largest absolute Gasteiger partial charge is 0.490 e. The normalized spacial score (nSPS) is 15.0. The summed E-state index contributed by atoms with van der Waals surface area (Å²) in [6.45, 7) is 4.21. The van der Waals surface area contributed by atoms with Crippen LogP contribution in [0.4, 0.5) is 0 Å². The van der Waals surface area contributed by atoms with Gasteiger partial charge < -0.3 is 15.4 Å². The van der Waals surface area contributed by atoms with Gasteiger partial charge in [-0.2, -0.15) is 5.10 Å². The first-order valence-corrected chi connectivity index (χ1v) is 9.99. The molecule has 1 aliphatic rings. The summed E-state index contributed by atoms with van der Waals surface area (Å²) in [4.78, 5) is 4.68. The lowest BCUT2D eigenvalue weighted by atomic mass is 9.98. The molecular formula is C21H32IN5O. The lowest BCUT2D eigenvalue weighted by Gasteiger charge is -2.23. The zero-order valence-electron chi connectivity index (χ0n) is 16.9. The number of rotatable bonds is 7. The quantitative estimate of drug-likeness (QED) is 0.345. The van der Waals surface area contributed by atoms with Crippen LogP contribution in [0.15, 0.2) is 41.5 Å². The minimum atomic E-state index is 0. The second-order valence-electron chi connectivity index (χ2n) is 7.02. The van der Waals surface area contributed by atoms with E-state index in [0.717, 1.165) is 23.9 Å². The summed E-state index contributed by atoms with van der Waals surface area (Å²) in [7, 11) is 1.94. The van der Waals surface area contributed by atoms with Gasteiger partial charge in [0.25, 0.3) is 0 Å². The standard InChI is InChI=1S/C21H31N5O.HI/c1-3-22-21(24-16-18-13-14-25-26(18)2)23-15-17-9-11-20(12-10-17)27-19-7-5-4-6-8-19;/h9-14,19H,3-8,15-16H2,1-2H3,(H2,22,23,24);1H. The predicted molar refractivity (Wildman–Crippen MR) is 124 cm³/mol. The maximum atomic E-state index is 6.10. The Hall–Kier alpha value is -1.77. The van der Waals surface area contributed by atoms with Crippen LogP contribution in [-0.4, -0.2) is 28.4 Å². The van der Waals surface area contributed by atoms with E-state index in [9.17, 15) is 0 Å². The first-order chi connectivity index (χ1) is 13.2. The van der Waals surface area contributed by atoms with Gasteiger partial charge in [0.2, 0.25) is 0 Å². The third kappa shape index (κ3) is 7.00. The molecule has 2 aromatic rings. The van der Waals surface area contributed by atoms with Crippen molar-refractivity contribution in [2.45, 2.75) is 58.2 Å². The maximum Gasteiger partial charge on any atom is 0.191 e. The number of aliphatic imine (C=N–C) groups is 1. The number of aryl methyl sites for hydroxylation is 1. The molecule has 154 valence electrons. The molecule has 1 aliphatic carbocycles. The van der Waals surface area contributed by atoms with Crippen molar-refractivity contribution in [3.05, 3.63) is 47.8 Å². The average molecular weight is 497 g/mol. The Kier molecular flexibility index (Phi) is 9.60. The van der Waals surface area contributed by atoms with E-state index in [2.05, 4.69) is 51.9 Å². The van der Waals surface area contributed by atoms with Crippen molar-refractivity contribution in [2.24, 2.45) is 12.0 Å². The molecule has 0 atom stereocenters. The van der Waals surface area contributed by atoms with Gasteiger partial charge in [-0.25, -0.2) is 4.99 Å². The molecule has 0 radical (unpaired) electrons. The Morgan fingerprint density at radius 1 is 1.14 bits per heavy atom. The van der Waals surface area contributed by atoms with Crippen molar-refractivity contribution >= 4 is 29.9 Å². The Labute approximate surface area is 185 Å². The number of nitrogens with zero attached hydrogens (tertiary/aromatic N) is 3. The number of aromatic nitrogens is 2. The fraction of sp³-hybridized carbons (Fsp3) is 0.524. The lowest BCUT2D eigenvalue weighted by Crippen LogP contribution is -2.37. The van der Waals surface area contributed by atoms with Gasteiger partial charge in [-0.05, 0) is 56.4 Å². The van der Waals surface area contributed by atoms with Crippen molar-refractivity contribution in [2.75, 3.05) is 6.54 Å². The highest BCUT2D eigenvalue weighted by atomic mass is 127. The van der Waals surface area contributed by atoms with E-state index in [-0.39, 0.29) is 24.0 Å². The monoisotopic (exact) mass is 497 g/mol. The molecule has 3 rings (SSSR count). The molecule has 6 nitrogen and oxygen atoms in total. The van der Waals surface area contributed by atoms with E-state index >= 15 is 0 Å². The molecule has 1 saturated carbocycles. The van der Waals surface area contributed by atoms with E-state index in [1.807, 2.05) is 17.8 Å². The fourth-order valence-electron chi connectivity index (χ4n) is 3.31. The Bertz CT molecular complexity index is 723. The number of ether oxygens (including phenoxy) is 1. The van der Waals surface area contributed by atoms with Gasteiger partial charge in [-0.15, -0.1) is 24.0 Å². The first kappa shape index (κ1) is 22.5. The third-order valence-corrected chi connectivity index (χ3v) is 4.90. The van der Waals surface area contributed by atoms with Crippen LogP contribution in [-0.2, 0) is 20.1 Å². The minimum absolute atomic E-state index is 0. The molecule has 2 N–H and O–H groups in total. The van der Waals surface area contributed by atoms with Crippen molar-refractivity contribution in [1.82, 2.24) is 20.4 Å². The van der Waals surface area contributed by atoms with Crippen LogP contribution in [0, 0.1) is 0 Å². The number of hydrogen-bond acceptors (Lipinski definition) is 3. The van der Waals surface area contributed by atoms with Crippen LogP contribution in [0.5, 0.6) is 5.75 Å². The van der Waals surface area contributed by atoms with Crippen LogP contribution >= 0.6 is 24.0 Å². The third-order valence-electron chi connectivity index (χ3n) is 4.90. The summed E-state index contributed by atoms with van der Waals surface area (Å²) in [5, 5.41) is 10.8. The van der Waals surface area contributed by atoms with E-state index in [1.54, 1.807) is 6.20 Å². The van der Waals surface area contributed by atoms with Gasteiger partial charge in [0.05, 0.1) is 24.9 Å². The Morgan fingerprint density at radius 3 is 2.54 bits per heavy atom. The zero-order chi connectivity index (χ0) is 18.9. The SMILES string of the molecule is CCNC(=NCc1ccc(OC2CCCCC2)cc1)NCc1ccnn1C.I. The minimum Gasteiger partial charge on any atom is -0.490 e. The van der Waals surface area contributed by atoms with Crippen molar-refractivity contribution in [1.29, 1.82) is 0 Å². The molecule has 0 aliphatic heterocycles. The van der Waals surface area contributed by atoms with Gasteiger partial charge in [0, 0.05) is 19.8 Å². The van der Waals surface area contributed by atoms with E-state index in [4.69, 9.17) is 4.74 Å². The first-order valence-electron chi connectivity index (χ1n) is 9.99. The molecule has 1 aromatic heterocycles. The highest BCUT2D eigenvalue weighted by Gasteiger charge is 2.14. The Balaban J connectivity index is 0.00000280. The van der Waals surface area contributed by atoms with E-state index < -0.39 is 0 Å². The number of guanidine groups is 1. The van der Waals surface area contributed by atoms with Crippen molar-refractivity contribution in [3.8, 4) is 5.75 Å². The summed E-state index contributed by atoms with van der Waals surface area (Å²) < 4.78 is 7.96. The molecule has 1 heterocycles. The van der Waals surface area contributed by atoms with Crippen molar-refractivity contribution in [3.63, 3.8) is 0 Å². The van der Waals surface area contributed by atoms with Gasteiger partial charge in [0.15, 0.2) is 5.96 Å². The molecule has 28 heavy (non-hydrogen) atoms. The van der Waals surface area contributed by atoms with Gasteiger partial charge >= 0.3 is 0 Å². The van der Waals surface area contributed by atoms with Gasteiger partial charge in [0.1, 0.15) is 5.75 Å². The van der Waals surface area contributed by atoms with Crippen LogP contribution in [0.25, 0.3) is 0 Å². The summed E-state index contributed by atoms with van der Waals surface area (Å²) in [5.74, 6) is 1.78. The van der Waals surface area contributed by atoms with Crippen LogP contribution in [0.3, 0.4) is 0 Å².